The topological polar surface area (TPSA) is 56.7 Å². The van der Waals surface area contributed by atoms with Crippen LogP contribution in [0.25, 0.3) is 0 Å². The summed E-state index contributed by atoms with van der Waals surface area (Å²) in [5.74, 6) is -0.0639. The molecule has 2 aromatic rings. The zero-order valence-corrected chi connectivity index (χ0v) is 15.5. The first kappa shape index (κ1) is 18.6. The van der Waals surface area contributed by atoms with Crippen LogP contribution < -0.4 is 4.90 Å². The summed E-state index contributed by atoms with van der Waals surface area (Å²) in [4.78, 5) is 20.5. The second kappa shape index (κ2) is 7.88. The predicted octanol–water partition coefficient (Wildman–Crippen LogP) is 3.42. The number of benzene rings is 1. The fraction of sp³-hybridized carbons (Fsp3) is 0.444. The van der Waals surface area contributed by atoms with Crippen LogP contribution in [0.5, 0.6) is 0 Å². The molecule has 0 saturated carbocycles. The molecular formula is C18H25N3O2S. The van der Waals surface area contributed by atoms with Crippen molar-refractivity contribution in [3.63, 3.8) is 0 Å². The molecule has 0 spiro atoms. The average molecular weight is 347 g/mol. The number of aromatic nitrogens is 1. The van der Waals surface area contributed by atoms with Gasteiger partial charge in [-0.15, -0.1) is 11.3 Å². The largest absolute Gasteiger partial charge is 0.389 e. The SMILES string of the molecule is CCN(Cc1csc(N(C(C)=O)c2ccccc2)n1)CC(C)(C)O. The standard InChI is InChI=1S/C18H25N3O2S/c1-5-20(13-18(3,4)23)11-15-12-24-17(19-15)21(14(2)22)16-9-7-6-8-10-16/h6-10,12,23H,5,11,13H2,1-4H3. The number of nitrogens with zero attached hydrogens (tertiary/aromatic N) is 3. The van der Waals surface area contributed by atoms with E-state index in [0.717, 1.165) is 17.9 Å². The molecule has 1 aromatic heterocycles. The molecule has 0 aliphatic rings. The van der Waals surface area contributed by atoms with Crippen molar-refractivity contribution in [2.24, 2.45) is 0 Å². The molecule has 1 N–H and O–H groups in total. The normalized spacial score (nSPS) is 11.8. The Morgan fingerprint density at radius 1 is 1.29 bits per heavy atom. The Morgan fingerprint density at radius 2 is 1.96 bits per heavy atom. The van der Waals surface area contributed by atoms with E-state index in [0.29, 0.717) is 18.2 Å². The lowest BCUT2D eigenvalue weighted by Gasteiger charge is -2.27. The van der Waals surface area contributed by atoms with Crippen LogP contribution >= 0.6 is 11.3 Å². The van der Waals surface area contributed by atoms with Gasteiger partial charge in [0.1, 0.15) is 0 Å². The minimum absolute atomic E-state index is 0.0639. The van der Waals surface area contributed by atoms with E-state index in [1.807, 2.05) is 35.7 Å². The number of para-hydroxylation sites is 1. The van der Waals surface area contributed by atoms with Crippen molar-refractivity contribution in [3.05, 3.63) is 41.4 Å². The van der Waals surface area contributed by atoms with Crippen LogP contribution in [0.2, 0.25) is 0 Å². The van der Waals surface area contributed by atoms with Gasteiger partial charge in [-0.05, 0) is 32.5 Å². The van der Waals surface area contributed by atoms with Crippen LogP contribution in [0.3, 0.4) is 0 Å². The first-order valence-electron chi connectivity index (χ1n) is 8.05. The highest BCUT2D eigenvalue weighted by Crippen LogP contribution is 2.29. The van der Waals surface area contributed by atoms with E-state index in [4.69, 9.17) is 0 Å². The second-order valence-electron chi connectivity index (χ2n) is 6.43. The van der Waals surface area contributed by atoms with Gasteiger partial charge in [0.15, 0.2) is 5.13 Å². The van der Waals surface area contributed by atoms with E-state index >= 15 is 0 Å². The van der Waals surface area contributed by atoms with Crippen molar-refractivity contribution in [2.75, 3.05) is 18.0 Å². The zero-order valence-electron chi connectivity index (χ0n) is 14.7. The molecule has 0 saturated heterocycles. The number of thiazole rings is 1. The molecule has 2 rings (SSSR count). The van der Waals surface area contributed by atoms with Gasteiger partial charge in [-0.25, -0.2) is 4.98 Å². The maximum Gasteiger partial charge on any atom is 0.230 e. The molecule has 5 nitrogen and oxygen atoms in total. The van der Waals surface area contributed by atoms with Crippen LogP contribution in [0, 0.1) is 0 Å². The Kier molecular flexibility index (Phi) is 6.10. The maximum absolute atomic E-state index is 12.1. The number of likely N-dealkylation sites (N-methyl/N-ethyl adjacent to an activating group) is 1. The third kappa shape index (κ3) is 5.12. The fourth-order valence-electron chi connectivity index (χ4n) is 2.53. The van der Waals surface area contributed by atoms with Crippen molar-refractivity contribution in [3.8, 4) is 0 Å². The summed E-state index contributed by atoms with van der Waals surface area (Å²) in [6, 6.07) is 9.53. The molecule has 0 atom stereocenters. The Morgan fingerprint density at radius 3 is 2.50 bits per heavy atom. The van der Waals surface area contributed by atoms with Gasteiger partial charge in [-0.3, -0.25) is 14.6 Å². The van der Waals surface area contributed by atoms with E-state index < -0.39 is 5.60 Å². The third-order valence-electron chi connectivity index (χ3n) is 3.50. The molecule has 6 heteroatoms. The number of anilines is 2. The van der Waals surface area contributed by atoms with Crippen LogP contribution in [-0.2, 0) is 11.3 Å². The van der Waals surface area contributed by atoms with Crippen LogP contribution in [0.4, 0.5) is 10.8 Å². The van der Waals surface area contributed by atoms with Crippen molar-refractivity contribution < 1.29 is 9.90 Å². The second-order valence-corrected chi connectivity index (χ2v) is 7.26. The molecule has 0 aliphatic carbocycles. The highest BCUT2D eigenvalue weighted by atomic mass is 32.1. The molecule has 0 fully saturated rings. The third-order valence-corrected chi connectivity index (χ3v) is 4.38. The Labute approximate surface area is 147 Å². The lowest BCUT2D eigenvalue weighted by atomic mass is 10.1. The first-order valence-corrected chi connectivity index (χ1v) is 8.93. The van der Waals surface area contributed by atoms with Gasteiger partial charge in [0, 0.05) is 25.4 Å². The molecule has 1 amide bonds. The first-order chi connectivity index (χ1) is 11.3. The Hall–Kier alpha value is -1.76. The highest BCUT2D eigenvalue weighted by molar-refractivity contribution is 7.14. The van der Waals surface area contributed by atoms with Crippen LogP contribution in [-0.4, -0.2) is 39.6 Å². The molecular weight excluding hydrogens is 322 g/mol. The van der Waals surface area contributed by atoms with Gasteiger partial charge in [-0.2, -0.15) is 0 Å². The lowest BCUT2D eigenvalue weighted by Crippen LogP contribution is -2.38. The Balaban J connectivity index is 2.17. The molecule has 0 radical (unpaired) electrons. The zero-order chi connectivity index (χ0) is 17.7. The van der Waals surface area contributed by atoms with Crippen molar-refractivity contribution in [1.29, 1.82) is 0 Å². The molecule has 0 bridgehead atoms. The summed E-state index contributed by atoms with van der Waals surface area (Å²) in [5.41, 5.74) is 0.975. The number of carbonyl (C=O) groups excluding carboxylic acids is 1. The summed E-state index contributed by atoms with van der Waals surface area (Å²) < 4.78 is 0. The summed E-state index contributed by atoms with van der Waals surface area (Å²) >= 11 is 1.46. The predicted molar refractivity (Wildman–Crippen MR) is 98.6 cm³/mol. The molecule has 1 heterocycles. The maximum atomic E-state index is 12.1. The minimum Gasteiger partial charge on any atom is -0.389 e. The van der Waals surface area contributed by atoms with Crippen LogP contribution in [0.15, 0.2) is 35.7 Å². The van der Waals surface area contributed by atoms with E-state index in [2.05, 4.69) is 16.8 Å². The summed E-state index contributed by atoms with van der Waals surface area (Å²) in [5, 5.41) is 12.6. The minimum atomic E-state index is -0.746. The van der Waals surface area contributed by atoms with Gasteiger partial charge >= 0.3 is 0 Å². The van der Waals surface area contributed by atoms with Gasteiger partial charge in [0.05, 0.1) is 17.0 Å². The Bertz CT molecular complexity index is 664. The molecule has 130 valence electrons. The van der Waals surface area contributed by atoms with E-state index in [9.17, 15) is 9.90 Å². The van der Waals surface area contributed by atoms with Gasteiger partial charge < -0.3 is 5.11 Å². The number of carbonyl (C=O) groups is 1. The number of amides is 1. The fourth-order valence-corrected chi connectivity index (χ4v) is 3.41. The monoisotopic (exact) mass is 347 g/mol. The molecule has 0 unspecified atom stereocenters. The van der Waals surface area contributed by atoms with Crippen LogP contribution in [0.1, 0.15) is 33.4 Å². The molecule has 0 aliphatic heterocycles. The van der Waals surface area contributed by atoms with Gasteiger partial charge in [0.2, 0.25) is 5.91 Å². The molecule has 1 aromatic carbocycles. The number of rotatable bonds is 7. The van der Waals surface area contributed by atoms with E-state index in [-0.39, 0.29) is 5.91 Å². The lowest BCUT2D eigenvalue weighted by molar-refractivity contribution is -0.115. The van der Waals surface area contributed by atoms with Crippen molar-refractivity contribution in [1.82, 2.24) is 9.88 Å². The summed E-state index contributed by atoms with van der Waals surface area (Å²) in [7, 11) is 0. The van der Waals surface area contributed by atoms with Crippen molar-refractivity contribution >= 4 is 28.1 Å². The quantitative estimate of drug-likeness (QED) is 0.834. The van der Waals surface area contributed by atoms with E-state index in [1.165, 1.54) is 11.3 Å². The van der Waals surface area contributed by atoms with Gasteiger partial charge in [0.25, 0.3) is 0 Å². The summed E-state index contributed by atoms with van der Waals surface area (Å²) in [6.45, 7) is 9.25. The van der Waals surface area contributed by atoms with Gasteiger partial charge in [-0.1, -0.05) is 25.1 Å². The highest BCUT2D eigenvalue weighted by Gasteiger charge is 2.20. The smallest absolute Gasteiger partial charge is 0.230 e. The van der Waals surface area contributed by atoms with E-state index in [1.54, 1.807) is 25.7 Å². The number of hydrogen-bond acceptors (Lipinski definition) is 5. The number of aliphatic hydroxyl groups is 1. The summed E-state index contributed by atoms with van der Waals surface area (Å²) in [6.07, 6.45) is 0. The molecule has 24 heavy (non-hydrogen) atoms. The number of hydrogen-bond donors (Lipinski definition) is 1. The van der Waals surface area contributed by atoms with Crippen molar-refractivity contribution in [2.45, 2.75) is 39.8 Å². The average Bonchev–Trinajstić information content (AvgIpc) is 2.94.